The maximum atomic E-state index is 10.1. The first kappa shape index (κ1) is 18.1. The van der Waals surface area contributed by atoms with Gasteiger partial charge in [0, 0.05) is 12.9 Å². The molecule has 2 aromatic carbocycles. The van der Waals surface area contributed by atoms with Crippen molar-refractivity contribution in [3.05, 3.63) is 43.5 Å². The van der Waals surface area contributed by atoms with E-state index in [4.69, 9.17) is 4.74 Å². The summed E-state index contributed by atoms with van der Waals surface area (Å²) in [6.45, 7) is 0.188. The highest BCUT2D eigenvalue weighted by atomic mass is 127. The number of phenolic OH excluding ortho intramolecular Hbond substituents is 1. The van der Waals surface area contributed by atoms with Crippen molar-refractivity contribution < 1.29 is 14.9 Å². The Balaban J connectivity index is 1.54. The summed E-state index contributed by atoms with van der Waals surface area (Å²) in [6.07, 6.45) is -0.614. The molecule has 0 aliphatic rings. The minimum Gasteiger partial charge on any atom is -0.508 e. The molecule has 0 fully saturated rings. The highest BCUT2D eigenvalue weighted by molar-refractivity contribution is 14.1. The fourth-order valence-electron chi connectivity index (χ4n) is 2.01. The molecule has 1 heterocycles. The van der Waals surface area contributed by atoms with Gasteiger partial charge in [0.2, 0.25) is 0 Å². The van der Waals surface area contributed by atoms with Crippen molar-refractivity contribution in [1.29, 1.82) is 0 Å². The van der Waals surface area contributed by atoms with E-state index in [2.05, 4.69) is 61.2 Å². The zero-order valence-electron chi connectivity index (χ0n) is 12.4. The summed E-state index contributed by atoms with van der Waals surface area (Å²) in [6, 6.07) is 10.5. The summed E-state index contributed by atoms with van der Waals surface area (Å²) >= 11 is 6.05. The Kier molecular flexibility index (Phi) is 6.11. The van der Waals surface area contributed by atoms with Crippen molar-refractivity contribution >= 4 is 68.0 Å². The Morgan fingerprint density at radius 1 is 1.17 bits per heavy atom. The van der Waals surface area contributed by atoms with E-state index in [1.54, 1.807) is 24.3 Å². The number of benzene rings is 2. The van der Waals surface area contributed by atoms with Gasteiger partial charge in [-0.05, 0) is 81.6 Å². The topological polar surface area (TPSA) is 78.4 Å². The SMILES string of the molecule is Oc1ccc(OC[C@@H](O)CSc2nc3cc(I)c(I)cc3[nH]2)cc1. The average molecular weight is 568 g/mol. The van der Waals surface area contributed by atoms with Crippen molar-refractivity contribution in [2.75, 3.05) is 12.4 Å². The van der Waals surface area contributed by atoms with Crippen LogP contribution in [0.15, 0.2) is 41.6 Å². The molecule has 1 atom stereocenters. The van der Waals surface area contributed by atoms with Crippen LogP contribution < -0.4 is 4.74 Å². The molecule has 0 saturated carbocycles. The first-order valence-electron chi connectivity index (χ1n) is 7.09. The number of aromatic amines is 1. The maximum absolute atomic E-state index is 10.1. The molecule has 3 N–H and O–H groups in total. The van der Waals surface area contributed by atoms with E-state index in [1.165, 1.54) is 18.9 Å². The van der Waals surface area contributed by atoms with E-state index in [0.717, 1.165) is 16.2 Å². The molecule has 0 bridgehead atoms. The van der Waals surface area contributed by atoms with Crippen LogP contribution in [0, 0.1) is 7.14 Å². The van der Waals surface area contributed by atoms with Crippen LogP contribution in [0.1, 0.15) is 0 Å². The van der Waals surface area contributed by atoms with E-state index in [-0.39, 0.29) is 12.4 Å². The Morgan fingerprint density at radius 3 is 2.62 bits per heavy atom. The zero-order valence-corrected chi connectivity index (χ0v) is 17.5. The predicted octanol–water partition coefficient (Wildman–Crippen LogP) is 4.01. The summed E-state index contributed by atoms with van der Waals surface area (Å²) in [7, 11) is 0. The maximum Gasteiger partial charge on any atom is 0.166 e. The molecule has 0 unspecified atom stereocenters. The van der Waals surface area contributed by atoms with Gasteiger partial charge in [-0.2, -0.15) is 0 Å². The highest BCUT2D eigenvalue weighted by Gasteiger charge is 2.10. The predicted molar refractivity (Wildman–Crippen MR) is 112 cm³/mol. The van der Waals surface area contributed by atoms with Gasteiger partial charge in [0.1, 0.15) is 18.1 Å². The molecular formula is C16H14I2N2O3S. The second kappa shape index (κ2) is 8.11. The third kappa shape index (κ3) is 4.67. The van der Waals surface area contributed by atoms with E-state index in [9.17, 15) is 10.2 Å². The first-order chi connectivity index (χ1) is 11.5. The van der Waals surface area contributed by atoms with Crippen LogP contribution in [0.2, 0.25) is 0 Å². The number of aromatic hydroxyl groups is 1. The van der Waals surface area contributed by atoms with Crippen molar-refractivity contribution in [3.8, 4) is 11.5 Å². The van der Waals surface area contributed by atoms with Crippen molar-refractivity contribution in [3.63, 3.8) is 0 Å². The molecule has 0 spiro atoms. The van der Waals surface area contributed by atoms with Gasteiger partial charge in [0.05, 0.1) is 17.1 Å². The van der Waals surface area contributed by atoms with Gasteiger partial charge in [-0.15, -0.1) is 0 Å². The van der Waals surface area contributed by atoms with Gasteiger partial charge in [-0.25, -0.2) is 4.98 Å². The summed E-state index contributed by atoms with van der Waals surface area (Å²) in [5.41, 5.74) is 1.93. The third-order valence-corrected chi connectivity index (χ3v) is 7.03. The number of hydrogen-bond acceptors (Lipinski definition) is 5. The monoisotopic (exact) mass is 568 g/mol. The lowest BCUT2D eigenvalue weighted by molar-refractivity contribution is 0.126. The number of hydrogen-bond donors (Lipinski definition) is 3. The number of nitrogens with one attached hydrogen (secondary N) is 1. The summed E-state index contributed by atoms with van der Waals surface area (Å²) in [4.78, 5) is 7.80. The van der Waals surface area contributed by atoms with Crippen LogP contribution in [-0.2, 0) is 0 Å². The lowest BCUT2D eigenvalue weighted by Crippen LogP contribution is -2.20. The average Bonchev–Trinajstić information content (AvgIpc) is 2.94. The van der Waals surface area contributed by atoms with Gasteiger partial charge < -0.3 is 19.9 Å². The van der Waals surface area contributed by atoms with Gasteiger partial charge in [0.15, 0.2) is 5.16 Å². The van der Waals surface area contributed by atoms with E-state index >= 15 is 0 Å². The van der Waals surface area contributed by atoms with Crippen LogP contribution >= 0.6 is 56.9 Å². The molecule has 0 aliphatic carbocycles. The second-order valence-corrected chi connectivity index (χ2v) is 8.43. The molecule has 3 aromatic rings. The lowest BCUT2D eigenvalue weighted by atomic mass is 10.3. The van der Waals surface area contributed by atoms with E-state index in [1.807, 2.05) is 6.07 Å². The van der Waals surface area contributed by atoms with Crippen LogP contribution in [-0.4, -0.2) is 38.6 Å². The number of thioether (sulfide) groups is 1. The molecule has 3 rings (SSSR count). The number of aliphatic hydroxyl groups excluding tert-OH is 1. The fourth-order valence-corrected chi connectivity index (χ4v) is 3.72. The molecule has 0 aliphatic heterocycles. The van der Waals surface area contributed by atoms with Crippen LogP contribution in [0.3, 0.4) is 0 Å². The molecule has 0 amide bonds. The number of nitrogens with zero attached hydrogens (tertiary/aromatic N) is 1. The fraction of sp³-hybridized carbons (Fsp3) is 0.188. The third-order valence-electron chi connectivity index (χ3n) is 3.19. The first-order valence-corrected chi connectivity index (χ1v) is 10.2. The molecule has 0 radical (unpaired) electrons. The van der Waals surface area contributed by atoms with Gasteiger partial charge in [0.25, 0.3) is 0 Å². The number of aromatic nitrogens is 2. The molecule has 126 valence electrons. The van der Waals surface area contributed by atoms with E-state index in [0.29, 0.717) is 11.5 Å². The second-order valence-electron chi connectivity index (χ2n) is 5.10. The van der Waals surface area contributed by atoms with Crippen molar-refractivity contribution in [1.82, 2.24) is 9.97 Å². The van der Waals surface area contributed by atoms with Crippen molar-refractivity contribution in [2.45, 2.75) is 11.3 Å². The summed E-state index contributed by atoms with van der Waals surface area (Å²) in [5.74, 6) is 1.28. The normalized spacial score (nSPS) is 12.5. The molecule has 8 heteroatoms. The molecule has 0 saturated heterocycles. The Hall–Kier alpha value is -0.720. The largest absolute Gasteiger partial charge is 0.508 e. The number of fused-ring (bicyclic) bond motifs is 1. The van der Waals surface area contributed by atoms with Gasteiger partial charge in [-0.3, -0.25) is 0 Å². The lowest BCUT2D eigenvalue weighted by Gasteiger charge is -2.11. The molecule has 24 heavy (non-hydrogen) atoms. The van der Waals surface area contributed by atoms with Gasteiger partial charge in [-0.1, -0.05) is 11.8 Å². The van der Waals surface area contributed by atoms with Gasteiger partial charge >= 0.3 is 0 Å². The summed E-state index contributed by atoms with van der Waals surface area (Å²) < 4.78 is 7.85. The smallest absolute Gasteiger partial charge is 0.166 e. The number of phenols is 1. The van der Waals surface area contributed by atoms with Crippen LogP contribution in [0.4, 0.5) is 0 Å². The number of imidazole rings is 1. The minimum atomic E-state index is -0.614. The zero-order chi connectivity index (χ0) is 17.1. The Bertz CT molecular complexity index is 800. The Labute approximate surface area is 170 Å². The summed E-state index contributed by atoms with van der Waals surface area (Å²) in [5, 5.41) is 20.1. The molecule has 5 nitrogen and oxygen atoms in total. The molecular weight excluding hydrogens is 554 g/mol. The quantitative estimate of drug-likeness (QED) is 0.310. The number of aliphatic hydroxyl groups is 1. The Morgan fingerprint density at radius 2 is 1.88 bits per heavy atom. The van der Waals surface area contributed by atoms with Crippen molar-refractivity contribution in [2.24, 2.45) is 0 Å². The number of ether oxygens (including phenoxy) is 1. The number of halogens is 2. The molecule has 1 aromatic heterocycles. The number of H-pyrrole nitrogens is 1. The van der Waals surface area contributed by atoms with Crippen LogP contribution in [0.5, 0.6) is 11.5 Å². The standard InChI is InChI=1S/C16H14I2N2O3S/c17-12-5-14-15(6-13(12)18)20-16(19-14)24-8-10(22)7-23-11-3-1-9(21)2-4-11/h1-6,10,21-22H,7-8H2,(H,19,20)/t10-/m1/s1. The minimum absolute atomic E-state index is 0.188. The van der Waals surface area contributed by atoms with Crippen LogP contribution in [0.25, 0.3) is 11.0 Å². The highest BCUT2D eigenvalue weighted by Crippen LogP contribution is 2.25. The van der Waals surface area contributed by atoms with E-state index < -0.39 is 6.10 Å². The number of rotatable bonds is 6.